The first-order valence-electron chi connectivity index (χ1n) is 7.52. The van der Waals surface area contributed by atoms with E-state index in [9.17, 15) is 18.3 Å². The van der Waals surface area contributed by atoms with Crippen molar-refractivity contribution in [2.75, 3.05) is 7.05 Å². The molecule has 0 fully saturated rings. The number of nitrogens with zero attached hydrogens (tertiary/aromatic N) is 2. The normalized spacial score (nSPS) is 11.8. The third-order valence-corrected chi connectivity index (χ3v) is 5.74. The molecule has 0 saturated heterocycles. The van der Waals surface area contributed by atoms with Gasteiger partial charge in [-0.3, -0.25) is 4.98 Å². The molecule has 0 amide bonds. The Balaban J connectivity index is 1.93. The number of hydrogen-bond donors (Lipinski definition) is 1. The molecule has 0 spiro atoms. The summed E-state index contributed by atoms with van der Waals surface area (Å²) in [6.07, 6.45) is 1.70. The molecular formula is C18H16N2O4S. The highest BCUT2D eigenvalue weighted by atomic mass is 32.2. The Bertz CT molecular complexity index is 1050. The van der Waals surface area contributed by atoms with Crippen molar-refractivity contribution in [2.24, 2.45) is 0 Å². The first-order chi connectivity index (χ1) is 11.9. The smallest absolute Gasteiger partial charge is 0.337 e. The quantitative estimate of drug-likeness (QED) is 0.759. The van der Waals surface area contributed by atoms with E-state index >= 15 is 0 Å². The summed E-state index contributed by atoms with van der Waals surface area (Å²) in [7, 11) is -2.50. The molecule has 25 heavy (non-hydrogen) atoms. The molecule has 3 rings (SSSR count). The Kier molecular flexibility index (Phi) is 4.52. The number of carbonyl (C=O) groups is 1. The lowest BCUT2D eigenvalue weighted by Gasteiger charge is -2.18. The van der Waals surface area contributed by atoms with Crippen LogP contribution in [0.5, 0.6) is 0 Å². The monoisotopic (exact) mass is 356 g/mol. The van der Waals surface area contributed by atoms with Gasteiger partial charge < -0.3 is 5.11 Å². The number of benzene rings is 2. The molecule has 1 N–H and O–H groups in total. The fourth-order valence-electron chi connectivity index (χ4n) is 2.60. The van der Waals surface area contributed by atoms with Crippen LogP contribution < -0.4 is 0 Å². The lowest BCUT2D eigenvalue weighted by atomic mass is 10.1. The molecular weight excluding hydrogens is 340 g/mol. The minimum atomic E-state index is -3.93. The Hall–Kier alpha value is -2.77. The first kappa shape index (κ1) is 17.1. The molecule has 2 aromatic carbocycles. The number of fused-ring (bicyclic) bond motifs is 1. The summed E-state index contributed by atoms with van der Waals surface area (Å²) in [6.45, 7) is 0.126. The summed E-state index contributed by atoms with van der Waals surface area (Å²) in [6, 6.07) is 14.8. The molecule has 7 heteroatoms. The molecule has 6 nitrogen and oxygen atoms in total. The van der Waals surface area contributed by atoms with Crippen LogP contribution in [0, 0.1) is 0 Å². The Morgan fingerprint density at radius 2 is 1.88 bits per heavy atom. The molecule has 0 radical (unpaired) electrons. The van der Waals surface area contributed by atoms with Gasteiger partial charge in [0.15, 0.2) is 0 Å². The minimum absolute atomic E-state index is 0.126. The number of sulfonamides is 1. The fraction of sp³-hybridized carbons (Fsp3) is 0.111. The summed E-state index contributed by atoms with van der Waals surface area (Å²) >= 11 is 0. The van der Waals surface area contributed by atoms with Gasteiger partial charge in [0.05, 0.1) is 16.0 Å². The lowest BCUT2D eigenvalue weighted by molar-refractivity contribution is 0.0692. The van der Waals surface area contributed by atoms with Crippen LogP contribution in [0.15, 0.2) is 65.7 Å². The van der Waals surface area contributed by atoms with Crippen LogP contribution in [0.1, 0.15) is 15.9 Å². The van der Waals surface area contributed by atoms with Crippen LogP contribution in [-0.4, -0.2) is 35.8 Å². The van der Waals surface area contributed by atoms with Gasteiger partial charge in [-0.05, 0) is 35.9 Å². The molecule has 1 aromatic heterocycles. The second kappa shape index (κ2) is 6.62. The Morgan fingerprint density at radius 1 is 1.12 bits per heavy atom. The summed E-state index contributed by atoms with van der Waals surface area (Å²) in [5, 5.41) is 10.1. The highest BCUT2D eigenvalue weighted by Gasteiger charge is 2.26. The van der Waals surface area contributed by atoms with E-state index in [1.807, 2.05) is 30.3 Å². The summed E-state index contributed by atoms with van der Waals surface area (Å²) in [5.74, 6) is -1.27. The van der Waals surface area contributed by atoms with E-state index < -0.39 is 16.0 Å². The minimum Gasteiger partial charge on any atom is -0.478 e. The summed E-state index contributed by atoms with van der Waals surface area (Å²) in [5.41, 5.74) is 1.38. The SMILES string of the molecule is CN(Cc1ccc2ncccc2c1)S(=O)(=O)c1ccccc1C(=O)O. The van der Waals surface area contributed by atoms with E-state index in [1.54, 1.807) is 6.20 Å². The molecule has 0 aliphatic carbocycles. The number of rotatable bonds is 5. The van der Waals surface area contributed by atoms with Gasteiger partial charge in [0.25, 0.3) is 0 Å². The predicted molar refractivity (Wildman–Crippen MR) is 93.8 cm³/mol. The fourth-order valence-corrected chi connectivity index (χ4v) is 3.94. The number of aromatic nitrogens is 1. The molecule has 0 aliphatic heterocycles. The van der Waals surface area contributed by atoms with Gasteiger partial charge in [0, 0.05) is 25.2 Å². The third-order valence-electron chi connectivity index (χ3n) is 3.88. The zero-order chi connectivity index (χ0) is 18.0. The third kappa shape index (κ3) is 3.38. The van der Waals surface area contributed by atoms with Crippen molar-refractivity contribution in [1.82, 2.24) is 9.29 Å². The van der Waals surface area contributed by atoms with Crippen molar-refractivity contribution in [2.45, 2.75) is 11.4 Å². The van der Waals surface area contributed by atoms with Gasteiger partial charge in [-0.1, -0.05) is 24.3 Å². The van der Waals surface area contributed by atoms with Crippen molar-refractivity contribution in [1.29, 1.82) is 0 Å². The maximum absolute atomic E-state index is 12.8. The molecule has 3 aromatic rings. The highest BCUT2D eigenvalue weighted by molar-refractivity contribution is 7.89. The lowest BCUT2D eigenvalue weighted by Crippen LogP contribution is -2.28. The van der Waals surface area contributed by atoms with E-state index in [-0.39, 0.29) is 17.0 Å². The number of aromatic carboxylic acids is 1. The Morgan fingerprint density at radius 3 is 2.64 bits per heavy atom. The molecule has 0 atom stereocenters. The average molecular weight is 356 g/mol. The molecule has 1 heterocycles. The number of pyridine rings is 1. The number of carboxylic acids is 1. The Labute approximate surface area is 145 Å². The van der Waals surface area contributed by atoms with Crippen molar-refractivity contribution >= 4 is 26.9 Å². The van der Waals surface area contributed by atoms with Gasteiger partial charge in [-0.2, -0.15) is 4.31 Å². The van der Waals surface area contributed by atoms with Gasteiger partial charge in [0.2, 0.25) is 10.0 Å². The maximum Gasteiger partial charge on any atom is 0.337 e. The van der Waals surface area contributed by atoms with Crippen LogP contribution in [-0.2, 0) is 16.6 Å². The van der Waals surface area contributed by atoms with Crippen LogP contribution in [0.2, 0.25) is 0 Å². The largest absolute Gasteiger partial charge is 0.478 e. The van der Waals surface area contributed by atoms with Crippen LogP contribution >= 0.6 is 0 Å². The highest BCUT2D eigenvalue weighted by Crippen LogP contribution is 2.22. The number of hydrogen-bond acceptors (Lipinski definition) is 4. The molecule has 0 unspecified atom stereocenters. The maximum atomic E-state index is 12.8. The zero-order valence-electron chi connectivity index (χ0n) is 13.5. The van der Waals surface area contributed by atoms with E-state index in [4.69, 9.17) is 0 Å². The van der Waals surface area contributed by atoms with Gasteiger partial charge in [0.1, 0.15) is 0 Å². The predicted octanol–water partition coefficient (Wildman–Crippen LogP) is 2.75. The van der Waals surface area contributed by atoms with Gasteiger partial charge in [-0.25, -0.2) is 13.2 Å². The molecule has 0 bridgehead atoms. The van der Waals surface area contributed by atoms with E-state index in [2.05, 4.69) is 4.98 Å². The van der Waals surface area contributed by atoms with Crippen LogP contribution in [0.3, 0.4) is 0 Å². The van der Waals surface area contributed by atoms with Crippen molar-refractivity contribution in [3.8, 4) is 0 Å². The summed E-state index contributed by atoms with van der Waals surface area (Å²) in [4.78, 5) is 15.3. The number of carboxylic acid groups (broad SMARTS) is 1. The topological polar surface area (TPSA) is 87.6 Å². The van der Waals surface area contributed by atoms with Gasteiger partial charge in [-0.15, -0.1) is 0 Å². The average Bonchev–Trinajstić information content (AvgIpc) is 2.61. The van der Waals surface area contributed by atoms with Crippen molar-refractivity contribution in [3.63, 3.8) is 0 Å². The zero-order valence-corrected chi connectivity index (χ0v) is 14.3. The molecule has 0 aliphatic rings. The first-order valence-corrected chi connectivity index (χ1v) is 8.96. The molecule has 128 valence electrons. The molecule has 0 saturated carbocycles. The van der Waals surface area contributed by atoms with E-state index in [0.717, 1.165) is 20.8 Å². The van der Waals surface area contributed by atoms with E-state index in [1.165, 1.54) is 31.3 Å². The van der Waals surface area contributed by atoms with Crippen LogP contribution in [0.25, 0.3) is 10.9 Å². The van der Waals surface area contributed by atoms with Crippen molar-refractivity contribution < 1.29 is 18.3 Å². The summed E-state index contributed by atoms with van der Waals surface area (Å²) < 4.78 is 26.7. The standard InChI is InChI=1S/C18H16N2O4S/c1-20(12-13-8-9-16-14(11-13)5-4-10-19-16)25(23,24)17-7-3-2-6-15(17)18(21)22/h2-11H,12H2,1H3,(H,21,22). The van der Waals surface area contributed by atoms with E-state index in [0.29, 0.717) is 0 Å². The van der Waals surface area contributed by atoms with Crippen LogP contribution in [0.4, 0.5) is 0 Å². The van der Waals surface area contributed by atoms with Crippen molar-refractivity contribution in [3.05, 3.63) is 71.9 Å². The van der Waals surface area contributed by atoms with Gasteiger partial charge >= 0.3 is 5.97 Å². The second-order valence-electron chi connectivity index (χ2n) is 5.59. The second-order valence-corrected chi connectivity index (χ2v) is 7.61.